The van der Waals surface area contributed by atoms with E-state index in [0.29, 0.717) is 37.5 Å². The second-order valence-corrected chi connectivity index (χ2v) is 11.6. The van der Waals surface area contributed by atoms with Gasteiger partial charge in [0.1, 0.15) is 0 Å². The molecule has 1 aromatic carbocycles. The summed E-state index contributed by atoms with van der Waals surface area (Å²) in [6.07, 6.45) is 3.38. The monoisotopic (exact) mass is 514 g/mol. The van der Waals surface area contributed by atoms with Gasteiger partial charge in [-0.1, -0.05) is 25.1 Å². The Morgan fingerprint density at radius 3 is 2.27 bits per heavy atom. The number of alkyl halides is 3. The van der Waals surface area contributed by atoms with Gasteiger partial charge in [0.15, 0.2) is 0 Å². The number of amides is 2. The van der Waals surface area contributed by atoms with Gasteiger partial charge in [0.05, 0.1) is 29.1 Å². The predicted molar refractivity (Wildman–Crippen MR) is 131 cm³/mol. The lowest BCUT2D eigenvalue weighted by atomic mass is 9.93. The third-order valence-corrected chi connectivity index (χ3v) is 8.82. The lowest BCUT2D eigenvalue weighted by molar-refractivity contribution is -0.138. The largest absolute Gasteiger partial charge is 0.416 e. The van der Waals surface area contributed by atoms with Crippen LogP contribution >= 0.6 is 0 Å². The van der Waals surface area contributed by atoms with Crippen LogP contribution in [0, 0.1) is 5.41 Å². The van der Waals surface area contributed by atoms with Crippen molar-refractivity contribution >= 4 is 11.8 Å². The summed E-state index contributed by atoms with van der Waals surface area (Å²) in [5, 5.41) is 4.67. The summed E-state index contributed by atoms with van der Waals surface area (Å²) >= 11 is 0. The highest BCUT2D eigenvalue weighted by Crippen LogP contribution is 2.48. The van der Waals surface area contributed by atoms with Crippen LogP contribution in [0.15, 0.2) is 30.5 Å². The molecule has 1 aromatic heterocycles. The van der Waals surface area contributed by atoms with Crippen LogP contribution in [0.2, 0.25) is 0 Å². The smallest absolute Gasteiger partial charge is 0.342 e. The minimum atomic E-state index is -4.41. The molecule has 2 amide bonds. The van der Waals surface area contributed by atoms with Crippen LogP contribution < -0.4 is 0 Å². The Labute approximate surface area is 214 Å². The van der Waals surface area contributed by atoms with Crippen LogP contribution in [0.5, 0.6) is 0 Å². The first-order valence-electron chi connectivity index (χ1n) is 13.5. The molecule has 2 aliphatic heterocycles. The maximum atomic E-state index is 13.6. The fourth-order valence-corrected chi connectivity index (χ4v) is 6.17. The third kappa shape index (κ3) is 4.55. The number of carbonyl (C=O) groups is 2. The molecule has 1 atom stereocenters. The van der Waals surface area contributed by atoms with Gasteiger partial charge in [0, 0.05) is 43.4 Å². The molecule has 6 nitrogen and oxygen atoms in total. The number of aromatic nitrogens is 2. The second-order valence-electron chi connectivity index (χ2n) is 11.6. The molecule has 198 valence electrons. The molecule has 0 bridgehead atoms. The van der Waals surface area contributed by atoms with Crippen molar-refractivity contribution in [2.75, 3.05) is 26.2 Å². The summed E-state index contributed by atoms with van der Waals surface area (Å²) in [6.45, 7) is 4.17. The lowest BCUT2D eigenvalue weighted by Gasteiger charge is -2.34. The average molecular weight is 515 g/mol. The van der Waals surface area contributed by atoms with Crippen LogP contribution in [0.3, 0.4) is 0 Å². The summed E-state index contributed by atoms with van der Waals surface area (Å²) in [5.74, 6) is 0.0991. The molecule has 0 unspecified atom stereocenters. The highest BCUT2D eigenvalue weighted by molar-refractivity contribution is 5.95. The molecular weight excluding hydrogens is 481 g/mol. The Morgan fingerprint density at radius 1 is 0.946 bits per heavy atom. The number of nitrogens with zero attached hydrogens (tertiary/aromatic N) is 4. The number of hydrogen-bond acceptors (Lipinski definition) is 3. The van der Waals surface area contributed by atoms with Crippen molar-refractivity contribution in [1.82, 2.24) is 19.6 Å². The zero-order valence-electron chi connectivity index (χ0n) is 21.1. The van der Waals surface area contributed by atoms with E-state index < -0.39 is 11.7 Å². The fraction of sp³-hybridized carbons (Fsp3) is 0.607. The molecule has 4 fully saturated rings. The van der Waals surface area contributed by atoms with E-state index in [0.717, 1.165) is 50.3 Å². The molecule has 3 heterocycles. The van der Waals surface area contributed by atoms with E-state index in [-0.39, 0.29) is 41.3 Å². The van der Waals surface area contributed by atoms with E-state index in [4.69, 9.17) is 0 Å². The molecule has 0 radical (unpaired) electrons. The average Bonchev–Trinajstić information content (AvgIpc) is 3.77. The van der Waals surface area contributed by atoms with Crippen LogP contribution in [0.4, 0.5) is 13.2 Å². The highest BCUT2D eigenvalue weighted by Gasteiger charge is 2.48. The van der Waals surface area contributed by atoms with E-state index in [1.54, 1.807) is 17.2 Å². The number of likely N-dealkylation sites (tertiary alicyclic amines) is 2. The summed E-state index contributed by atoms with van der Waals surface area (Å²) in [4.78, 5) is 30.0. The number of halogens is 3. The minimum Gasteiger partial charge on any atom is -0.342 e. The van der Waals surface area contributed by atoms with Gasteiger partial charge in [-0.3, -0.25) is 14.3 Å². The minimum absolute atomic E-state index is 0.130. The molecule has 37 heavy (non-hydrogen) atoms. The van der Waals surface area contributed by atoms with Crippen molar-refractivity contribution in [2.24, 2.45) is 5.41 Å². The molecule has 2 saturated heterocycles. The first kappa shape index (κ1) is 24.5. The van der Waals surface area contributed by atoms with E-state index >= 15 is 0 Å². The van der Waals surface area contributed by atoms with Crippen molar-refractivity contribution in [3.05, 3.63) is 52.8 Å². The van der Waals surface area contributed by atoms with E-state index in [1.165, 1.54) is 12.1 Å². The first-order chi connectivity index (χ1) is 17.7. The highest BCUT2D eigenvalue weighted by atomic mass is 19.4. The number of piperidine rings is 1. The number of rotatable bonds is 5. The summed E-state index contributed by atoms with van der Waals surface area (Å²) in [5.41, 5.74) is 1.07. The fourth-order valence-electron chi connectivity index (χ4n) is 6.17. The molecular formula is C28H33F3N4O2. The van der Waals surface area contributed by atoms with Gasteiger partial charge in [-0.2, -0.15) is 18.3 Å². The van der Waals surface area contributed by atoms with Crippen LogP contribution in [0.25, 0.3) is 0 Å². The second kappa shape index (κ2) is 8.88. The number of benzene rings is 1. The van der Waals surface area contributed by atoms with Crippen molar-refractivity contribution < 1.29 is 22.8 Å². The molecule has 0 spiro atoms. The van der Waals surface area contributed by atoms with Crippen LogP contribution in [-0.2, 0) is 11.0 Å². The van der Waals surface area contributed by atoms with E-state index in [9.17, 15) is 22.8 Å². The van der Waals surface area contributed by atoms with Gasteiger partial charge in [-0.15, -0.1) is 0 Å². The number of hydrogen-bond donors (Lipinski definition) is 0. The molecule has 2 aromatic rings. The van der Waals surface area contributed by atoms with Crippen molar-refractivity contribution in [3.8, 4) is 0 Å². The standard InChI is InChI=1S/C28H33F3N4O2/c1-27(11-12-27)26(37)33-14-9-20(10-15-33)35-24(18-6-7-18)22(16-32-35)25(36)34-13-8-19(17-34)21-4-2-3-5-23(21)28(29,30)31/h2-5,16,18-20H,6-15,17H2,1H3/t19-/m1/s1. The quantitative estimate of drug-likeness (QED) is 0.539. The Bertz CT molecular complexity index is 1210. The Morgan fingerprint density at radius 2 is 1.62 bits per heavy atom. The molecule has 0 N–H and O–H groups in total. The number of carbonyl (C=O) groups excluding carboxylic acids is 2. The normalized spacial score (nSPS) is 23.9. The Balaban J connectivity index is 1.17. The van der Waals surface area contributed by atoms with Crippen molar-refractivity contribution in [3.63, 3.8) is 0 Å². The topological polar surface area (TPSA) is 58.4 Å². The zero-order valence-corrected chi connectivity index (χ0v) is 21.1. The lowest BCUT2D eigenvalue weighted by Crippen LogP contribution is -2.42. The summed E-state index contributed by atoms with van der Waals surface area (Å²) < 4.78 is 42.7. The molecule has 6 rings (SSSR count). The summed E-state index contributed by atoms with van der Waals surface area (Å²) in [6, 6.07) is 5.86. The molecule has 2 aliphatic carbocycles. The van der Waals surface area contributed by atoms with E-state index in [1.807, 2.05) is 16.5 Å². The van der Waals surface area contributed by atoms with Gasteiger partial charge in [0.25, 0.3) is 5.91 Å². The van der Waals surface area contributed by atoms with Crippen molar-refractivity contribution in [1.29, 1.82) is 0 Å². The Kier molecular flexibility index (Phi) is 5.88. The van der Waals surface area contributed by atoms with Crippen LogP contribution in [-0.4, -0.2) is 57.6 Å². The zero-order chi connectivity index (χ0) is 25.9. The van der Waals surface area contributed by atoms with Crippen LogP contribution in [0.1, 0.15) is 96.9 Å². The third-order valence-electron chi connectivity index (χ3n) is 8.82. The van der Waals surface area contributed by atoms with Gasteiger partial charge >= 0.3 is 6.18 Å². The predicted octanol–water partition coefficient (Wildman–Crippen LogP) is 5.37. The summed E-state index contributed by atoms with van der Waals surface area (Å²) in [7, 11) is 0. The van der Waals surface area contributed by atoms with Gasteiger partial charge < -0.3 is 9.80 Å². The maximum Gasteiger partial charge on any atom is 0.416 e. The SMILES string of the molecule is CC1(C(=O)N2CCC(n3ncc(C(=O)N4CC[C@@H](c5ccccc5C(F)(F)F)C4)c3C3CC3)CC2)CC1. The van der Waals surface area contributed by atoms with Gasteiger partial charge in [-0.25, -0.2) is 0 Å². The maximum absolute atomic E-state index is 13.6. The van der Waals surface area contributed by atoms with Crippen molar-refractivity contribution in [2.45, 2.75) is 75.9 Å². The molecule has 9 heteroatoms. The van der Waals surface area contributed by atoms with E-state index in [2.05, 4.69) is 5.10 Å². The Hall–Kier alpha value is -2.84. The van der Waals surface area contributed by atoms with Gasteiger partial charge in [-0.05, 0) is 56.6 Å². The molecule has 2 saturated carbocycles. The van der Waals surface area contributed by atoms with Gasteiger partial charge in [0.2, 0.25) is 5.91 Å². The molecule has 4 aliphatic rings. The first-order valence-corrected chi connectivity index (χ1v) is 13.5.